The van der Waals surface area contributed by atoms with Gasteiger partial charge < -0.3 is 20.3 Å². The molecule has 1 amide bonds. The number of carbonyl (C=O) groups excluding carboxylic acids is 2. The van der Waals surface area contributed by atoms with E-state index in [2.05, 4.69) is 55.6 Å². The molecule has 2 atom stereocenters. The molecule has 0 heterocycles. The van der Waals surface area contributed by atoms with E-state index in [4.69, 9.17) is 4.74 Å². The van der Waals surface area contributed by atoms with Gasteiger partial charge in [-0.1, -0.05) is 300 Å². The molecule has 440 valence electrons. The number of hydrogen-bond acceptors (Lipinski definition) is 5. The third-order valence-electron chi connectivity index (χ3n) is 15.3. The van der Waals surface area contributed by atoms with E-state index in [-0.39, 0.29) is 18.5 Å². The lowest BCUT2D eigenvalue weighted by Crippen LogP contribution is -2.45. The van der Waals surface area contributed by atoms with Crippen LogP contribution in [-0.4, -0.2) is 47.4 Å². The predicted molar refractivity (Wildman–Crippen MR) is 329 cm³/mol. The highest BCUT2D eigenvalue weighted by Gasteiger charge is 2.18. The summed E-state index contributed by atoms with van der Waals surface area (Å²) < 4.78 is 5.47. The number of aliphatic hydroxyl groups excluding tert-OH is 2. The average molecular weight is 1050 g/mol. The van der Waals surface area contributed by atoms with Crippen molar-refractivity contribution >= 4 is 11.9 Å². The van der Waals surface area contributed by atoms with Crippen LogP contribution in [0.3, 0.4) is 0 Å². The van der Waals surface area contributed by atoms with E-state index in [0.717, 1.165) is 77.0 Å². The van der Waals surface area contributed by atoms with Gasteiger partial charge in [-0.2, -0.15) is 0 Å². The van der Waals surface area contributed by atoms with Crippen LogP contribution in [0.5, 0.6) is 0 Å². The first-order chi connectivity index (χ1) is 37.0. The first kappa shape index (κ1) is 72.8. The molecule has 6 nitrogen and oxygen atoms in total. The van der Waals surface area contributed by atoms with Gasteiger partial charge in [-0.15, -0.1) is 0 Å². The molecule has 0 aromatic rings. The molecule has 0 spiro atoms. The third-order valence-corrected chi connectivity index (χ3v) is 15.3. The van der Waals surface area contributed by atoms with Crippen LogP contribution < -0.4 is 5.32 Å². The lowest BCUT2D eigenvalue weighted by molar-refractivity contribution is -0.143. The van der Waals surface area contributed by atoms with Crippen molar-refractivity contribution in [3.05, 3.63) is 48.6 Å². The van der Waals surface area contributed by atoms with Gasteiger partial charge in [-0.3, -0.25) is 9.59 Å². The highest BCUT2D eigenvalue weighted by Crippen LogP contribution is 2.17. The second-order valence-corrected chi connectivity index (χ2v) is 22.8. The topological polar surface area (TPSA) is 95.9 Å². The van der Waals surface area contributed by atoms with E-state index in [1.165, 1.54) is 250 Å². The number of ether oxygens (including phenoxy) is 1. The van der Waals surface area contributed by atoms with Crippen LogP contribution in [0.2, 0.25) is 0 Å². The van der Waals surface area contributed by atoms with E-state index in [1.54, 1.807) is 6.08 Å². The fourth-order valence-electron chi connectivity index (χ4n) is 10.2. The third kappa shape index (κ3) is 60.9. The first-order valence-corrected chi connectivity index (χ1v) is 33.4. The summed E-state index contributed by atoms with van der Waals surface area (Å²) in [6.45, 7) is 4.88. The normalized spacial score (nSPS) is 12.9. The van der Waals surface area contributed by atoms with Gasteiger partial charge in [-0.05, 0) is 89.9 Å². The van der Waals surface area contributed by atoms with Gasteiger partial charge in [0.15, 0.2) is 0 Å². The number of nitrogens with one attached hydrogen (secondary N) is 1. The van der Waals surface area contributed by atoms with Crippen LogP contribution in [0.15, 0.2) is 48.6 Å². The molecule has 0 aliphatic heterocycles. The van der Waals surface area contributed by atoms with Crippen molar-refractivity contribution in [1.29, 1.82) is 0 Å². The number of rotatable bonds is 62. The SMILES string of the molecule is CCCCCCCCC/C=C\CCCCCCCCCC(=O)OCCCCC/C=C\C=C/CCCCCCCCCCCCC(=O)NC(CO)C(O)/C=C/CCCCCCCCCCCCCCCCCCCCC. The number of aliphatic hydroxyl groups is 2. The zero-order valence-corrected chi connectivity index (χ0v) is 50.3. The van der Waals surface area contributed by atoms with Crippen molar-refractivity contribution < 1.29 is 24.5 Å². The number of esters is 1. The zero-order chi connectivity index (χ0) is 54.3. The van der Waals surface area contributed by atoms with Gasteiger partial charge in [0.05, 0.1) is 25.4 Å². The Morgan fingerprint density at radius 1 is 0.373 bits per heavy atom. The summed E-state index contributed by atoms with van der Waals surface area (Å²) >= 11 is 0. The van der Waals surface area contributed by atoms with Crippen LogP contribution in [-0.2, 0) is 14.3 Å². The van der Waals surface area contributed by atoms with Crippen molar-refractivity contribution in [1.82, 2.24) is 5.32 Å². The molecule has 0 aromatic heterocycles. The van der Waals surface area contributed by atoms with Crippen LogP contribution >= 0.6 is 0 Å². The van der Waals surface area contributed by atoms with E-state index < -0.39 is 12.1 Å². The molecule has 0 aliphatic rings. The molecule has 3 N–H and O–H groups in total. The Balaban J connectivity index is 3.50. The Kier molecular flexibility index (Phi) is 62.5. The highest BCUT2D eigenvalue weighted by atomic mass is 16.5. The smallest absolute Gasteiger partial charge is 0.305 e. The predicted octanol–water partition coefficient (Wildman–Crippen LogP) is 21.3. The minimum atomic E-state index is -0.853. The summed E-state index contributed by atoms with van der Waals surface area (Å²) in [5.74, 6) is -0.0923. The maximum atomic E-state index is 12.5. The Hall–Kier alpha value is -2.18. The zero-order valence-electron chi connectivity index (χ0n) is 50.3. The van der Waals surface area contributed by atoms with Gasteiger partial charge >= 0.3 is 5.97 Å². The molecule has 75 heavy (non-hydrogen) atoms. The van der Waals surface area contributed by atoms with E-state index in [1.807, 2.05) is 6.08 Å². The van der Waals surface area contributed by atoms with Crippen LogP contribution in [0, 0.1) is 0 Å². The number of carbonyl (C=O) groups is 2. The summed E-state index contributed by atoms with van der Waals surface area (Å²) in [6.07, 6.45) is 83.1. The molecule has 0 aliphatic carbocycles. The van der Waals surface area contributed by atoms with E-state index >= 15 is 0 Å². The van der Waals surface area contributed by atoms with E-state index in [0.29, 0.717) is 19.4 Å². The Labute approximate surface area is 467 Å². The van der Waals surface area contributed by atoms with Gasteiger partial charge in [-0.25, -0.2) is 0 Å². The largest absolute Gasteiger partial charge is 0.466 e. The summed E-state index contributed by atoms with van der Waals surface area (Å²) in [6, 6.07) is -0.638. The van der Waals surface area contributed by atoms with Gasteiger partial charge in [0.1, 0.15) is 0 Å². The average Bonchev–Trinajstić information content (AvgIpc) is 3.41. The van der Waals surface area contributed by atoms with Crippen molar-refractivity contribution in [3.8, 4) is 0 Å². The Morgan fingerprint density at radius 2 is 0.667 bits per heavy atom. The number of allylic oxidation sites excluding steroid dienone is 7. The lowest BCUT2D eigenvalue weighted by Gasteiger charge is -2.20. The summed E-state index contributed by atoms with van der Waals surface area (Å²) in [4.78, 5) is 24.6. The van der Waals surface area contributed by atoms with Gasteiger partial charge in [0.25, 0.3) is 0 Å². The Morgan fingerprint density at radius 3 is 1.03 bits per heavy atom. The standard InChI is InChI=1S/C69H129NO5/c1-3-5-7-9-11-13-15-17-19-21-23-24-26-29-33-37-41-45-49-53-57-61-67(72)66(65-71)70-68(73)62-58-54-50-46-42-38-34-30-27-25-28-32-36-40-44-48-52-56-60-64-75-69(74)63-59-55-51-47-43-39-35-31-22-20-18-16-14-12-10-8-6-4-2/h20,22,32,36,40,44,57,61,66-67,71-72H,3-19,21,23-31,33-35,37-39,41-43,45-56,58-60,62-65H2,1-2H3,(H,70,73)/b22-20-,36-32-,44-40-,61-57+. The number of amides is 1. The van der Waals surface area contributed by atoms with Crippen LogP contribution in [0.1, 0.15) is 354 Å². The molecule has 0 rings (SSSR count). The molecule has 0 aromatic carbocycles. The minimum absolute atomic E-state index is 0.0168. The van der Waals surface area contributed by atoms with Crippen molar-refractivity contribution in [2.75, 3.05) is 13.2 Å². The van der Waals surface area contributed by atoms with Crippen LogP contribution in [0.4, 0.5) is 0 Å². The fraction of sp³-hybridized carbons (Fsp3) is 0.855. The quantitative estimate of drug-likeness (QED) is 0.0244. The molecule has 6 heteroatoms. The lowest BCUT2D eigenvalue weighted by atomic mass is 10.0. The van der Waals surface area contributed by atoms with Gasteiger partial charge in [0.2, 0.25) is 5.91 Å². The van der Waals surface area contributed by atoms with Crippen LogP contribution in [0.25, 0.3) is 0 Å². The maximum absolute atomic E-state index is 12.5. The summed E-state index contributed by atoms with van der Waals surface area (Å²) in [5.41, 5.74) is 0. The second-order valence-electron chi connectivity index (χ2n) is 22.8. The summed E-state index contributed by atoms with van der Waals surface area (Å²) in [5, 5.41) is 23.2. The Bertz CT molecular complexity index is 1260. The molecule has 0 fully saturated rings. The molecule has 0 saturated heterocycles. The first-order valence-electron chi connectivity index (χ1n) is 33.4. The molecular formula is C69H129NO5. The monoisotopic (exact) mass is 1050 g/mol. The number of unbranched alkanes of at least 4 members (excludes halogenated alkanes) is 46. The molecule has 2 unspecified atom stereocenters. The summed E-state index contributed by atoms with van der Waals surface area (Å²) in [7, 11) is 0. The van der Waals surface area contributed by atoms with E-state index in [9.17, 15) is 19.8 Å². The van der Waals surface area contributed by atoms with Gasteiger partial charge in [0, 0.05) is 12.8 Å². The van der Waals surface area contributed by atoms with Crippen molar-refractivity contribution in [2.45, 2.75) is 366 Å². The highest BCUT2D eigenvalue weighted by molar-refractivity contribution is 5.76. The molecular weight excluding hydrogens is 923 g/mol. The molecule has 0 saturated carbocycles. The number of hydrogen-bond donors (Lipinski definition) is 3. The maximum Gasteiger partial charge on any atom is 0.305 e. The van der Waals surface area contributed by atoms with Crippen molar-refractivity contribution in [2.24, 2.45) is 0 Å². The molecule has 0 radical (unpaired) electrons. The second kappa shape index (κ2) is 64.3. The van der Waals surface area contributed by atoms with Crippen molar-refractivity contribution in [3.63, 3.8) is 0 Å². The minimum Gasteiger partial charge on any atom is -0.466 e. The fourth-order valence-corrected chi connectivity index (χ4v) is 10.2. The molecule has 0 bridgehead atoms.